The Hall–Kier alpha value is -4.15. The maximum Gasteiger partial charge on any atom is 0.326 e. The minimum Gasteiger partial charge on any atom is -0.481 e. The molecule has 17 nitrogen and oxygen atoms in total. The molecule has 0 aliphatic heterocycles. The fraction of sp³-hybridized carbons (Fsp3) is 0.682. The van der Waals surface area contributed by atoms with Crippen LogP contribution in [0, 0.1) is 5.92 Å². The molecule has 0 heterocycles. The van der Waals surface area contributed by atoms with Crippen LogP contribution in [0.1, 0.15) is 52.4 Å². The van der Waals surface area contributed by atoms with Crippen LogP contribution in [-0.4, -0.2) is 89.0 Å². The van der Waals surface area contributed by atoms with Crippen molar-refractivity contribution < 1.29 is 34.2 Å². The first-order valence-electron chi connectivity index (χ1n) is 12.4. The van der Waals surface area contributed by atoms with E-state index >= 15 is 0 Å². The number of carboxylic acid groups (broad SMARTS) is 2. The van der Waals surface area contributed by atoms with Gasteiger partial charge >= 0.3 is 11.9 Å². The number of carboxylic acids is 2. The Morgan fingerprint density at radius 1 is 0.718 bits per heavy atom. The molecule has 0 aromatic heterocycles. The number of hydrogen-bond donors (Lipinski definition) is 10. The van der Waals surface area contributed by atoms with Crippen LogP contribution >= 0.6 is 0 Å². The van der Waals surface area contributed by atoms with Gasteiger partial charge < -0.3 is 54.8 Å². The van der Waals surface area contributed by atoms with Gasteiger partial charge in [0, 0.05) is 13.1 Å². The molecule has 0 saturated carbocycles. The van der Waals surface area contributed by atoms with Gasteiger partial charge in [-0.05, 0) is 38.0 Å². The molecule has 4 atom stereocenters. The van der Waals surface area contributed by atoms with Gasteiger partial charge in [0.15, 0.2) is 11.9 Å². The first kappa shape index (κ1) is 34.9. The van der Waals surface area contributed by atoms with E-state index in [1.54, 1.807) is 13.8 Å². The van der Waals surface area contributed by atoms with Gasteiger partial charge in [-0.15, -0.1) is 0 Å². The second-order valence-electron chi connectivity index (χ2n) is 9.25. The fourth-order valence-electron chi connectivity index (χ4n) is 3.32. The number of nitrogens with two attached hydrogens (primary N) is 5. The predicted molar refractivity (Wildman–Crippen MR) is 143 cm³/mol. The molecular weight excluding hydrogens is 516 g/mol. The number of nitrogens with zero attached hydrogens (tertiary/aromatic N) is 2. The smallest absolute Gasteiger partial charge is 0.326 e. The van der Waals surface area contributed by atoms with Crippen LogP contribution in [0.5, 0.6) is 0 Å². The number of carbonyl (C=O) groups excluding carboxylic acids is 3. The number of nitrogens with one attached hydrogen (secondary N) is 3. The van der Waals surface area contributed by atoms with Crippen LogP contribution in [0.2, 0.25) is 0 Å². The average molecular weight is 559 g/mol. The molecule has 0 saturated heterocycles. The standard InChI is InChI=1S/C22H42N10O7/c1-11(2)9-15(20(38)39)32-18(36)13(6-4-8-29-22(26)27)30-19(37)14(10-16(33)34)31-17(35)12(23)5-3-7-28-21(24)25/h11-15H,3-10,23H2,1-2H3,(H,30,37)(H,31,35)(H,32,36)(H,33,34)(H,38,39)(H4,24,25,28)(H4,26,27,29). The Morgan fingerprint density at radius 3 is 1.64 bits per heavy atom. The quantitative estimate of drug-likeness (QED) is 0.0419. The van der Waals surface area contributed by atoms with E-state index in [1.807, 2.05) is 0 Å². The summed E-state index contributed by atoms with van der Waals surface area (Å²) in [5.41, 5.74) is 26.9. The summed E-state index contributed by atoms with van der Waals surface area (Å²) >= 11 is 0. The van der Waals surface area contributed by atoms with Crippen LogP contribution in [0.3, 0.4) is 0 Å². The van der Waals surface area contributed by atoms with Gasteiger partial charge in [-0.25, -0.2) is 4.79 Å². The van der Waals surface area contributed by atoms with Crippen LogP contribution in [0.15, 0.2) is 9.98 Å². The van der Waals surface area contributed by atoms with Crippen LogP contribution in [0.25, 0.3) is 0 Å². The van der Waals surface area contributed by atoms with E-state index in [0.717, 1.165) is 0 Å². The third kappa shape index (κ3) is 16.3. The van der Waals surface area contributed by atoms with Crippen molar-refractivity contribution in [3.8, 4) is 0 Å². The van der Waals surface area contributed by atoms with Crippen molar-refractivity contribution >= 4 is 41.6 Å². The minimum absolute atomic E-state index is 0.0135. The molecule has 0 spiro atoms. The van der Waals surface area contributed by atoms with Crippen molar-refractivity contribution in [2.75, 3.05) is 13.1 Å². The molecule has 0 radical (unpaired) electrons. The van der Waals surface area contributed by atoms with Crippen molar-refractivity contribution in [1.82, 2.24) is 16.0 Å². The average Bonchev–Trinajstić information content (AvgIpc) is 2.81. The molecule has 0 rings (SSSR count). The van der Waals surface area contributed by atoms with Gasteiger partial charge in [-0.1, -0.05) is 13.8 Å². The van der Waals surface area contributed by atoms with E-state index in [9.17, 15) is 34.2 Å². The summed E-state index contributed by atoms with van der Waals surface area (Å²) in [6, 6.07) is -5.16. The van der Waals surface area contributed by atoms with Crippen molar-refractivity contribution in [3.63, 3.8) is 0 Å². The fourth-order valence-corrected chi connectivity index (χ4v) is 3.32. The molecule has 0 aliphatic rings. The summed E-state index contributed by atoms with van der Waals surface area (Å²) in [5, 5.41) is 25.8. The molecule has 222 valence electrons. The number of guanidine groups is 2. The van der Waals surface area contributed by atoms with Crippen molar-refractivity contribution in [3.05, 3.63) is 0 Å². The lowest BCUT2D eigenvalue weighted by molar-refractivity contribution is -0.143. The van der Waals surface area contributed by atoms with E-state index in [0.29, 0.717) is 6.42 Å². The molecule has 0 aromatic rings. The van der Waals surface area contributed by atoms with E-state index in [-0.39, 0.29) is 56.6 Å². The van der Waals surface area contributed by atoms with Gasteiger partial charge in [0.25, 0.3) is 0 Å². The highest BCUT2D eigenvalue weighted by molar-refractivity contribution is 5.95. The summed E-state index contributed by atoms with van der Waals surface area (Å²) in [4.78, 5) is 69.0. The Morgan fingerprint density at radius 2 is 1.18 bits per heavy atom. The SMILES string of the molecule is CC(C)CC(NC(=O)C(CCCN=C(N)N)NC(=O)C(CC(=O)O)NC(=O)C(N)CCCN=C(N)N)C(=O)O. The zero-order chi connectivity index (χ0) is 30.1. The highest BCUT2D eigenvalue weighted by Gasteiger charge is 2.31. The topological polar surface area (TPSA) is 317 Å². The van der Waals surface area contributed by atoms with Gasteiger partial charge in [0.05, 0.1) is 12.5 Å². The van der Waals surface area contributed by atoms with Crippen molar-refractivity contribution in [2.24, 2.45) is 44.6 Å². The Labute approximate surface area is 226 Å². The Kier molecular flexibility index (Phi) is 16.2. The Balaban J connectivity index is 5.59. The largest absolute Gasteiger partial charge is 0.481 e. The number of carbonyl (C=O) groups is 5. The summed E-state index contributed by atoms with van der Waals surface area (Å²) in [5.74, 6) is -5.59. The highest BCUT2D eigenvalue weighted by Crippen LogP contribution is 2.08. The molecule has 0 bridgehead atoms. The zero-order valence-electron chi connectivity index (χ0n) is 22.3. The molecule has 17 heteroatoms. The maximum absolute atomic E-state index is 13.0. The molecule has 0 fully saturated rings. The van der Waals surface area contributed by atoms with Crippen LogP contribution < -0.4 is 44.6 Å². The second-order valence-corrected chi connectivity index (χ2v) is 9.25. The molecule has 15 N–H and O–H groups in total. The minimum atomic E-state index is -1.57. The molecule has 0 aromatic carbocycles. The molecular formula is C22H42N10O7. The molecule has 39 heavy (non-hydrogen) atoms. The van der Waals surface area contributed by atoms with Crippen LogP contribution in [0.4, 0.5) is 0 Å². The van der Waals surface area contributed by atoms with Crippen LogP contribution in [-0.2, 0) is 24.0 Å². The lowest BCUT2D eigenvalue weighted by Gasteiger charge is -2.25. The molecule has 3 amide bonds. The van der Waals surface area contributed by atoms with E-state index in [4.69, 9.17) is 28.7 Å². The van der Waals surface area contributed by atoms with E-state index in [1.165, 1.54) is 0 Å². The third-order valence-corrected chi connectivity index (χ3v) is 5.22. The maximum atomic E-state index is 13.0. The summed E-state index contributed by atoms with van der Waals surface area (Å²) in [6.45, 7) is 3.89. The highest BCUT2D eigenvalue weighted by atomic mass is 16.4. The lowest BCUT2D eigenvalue weighted by atomic mass is 10.0. The summed E-state index contributed by atoms with van der Waals surface area (Å²) in [7, 11) is 0. The third-order valence-electron chi connectivity index (χ3n) is 5.22. The first-order valence-corrected chi connectivity index (χ1v) is 12.4. The number of aliphatic carboxylic acids is 2. The first-order chi connectivity index (χ1) is 18.1. The normalized spacial score (nSPS) is 13.7. The Bertz CT molecular complexity index is 902. The number of amides is 3. The monoisotopic (exact) mass is 558 g/mol. The van der Waals surface area contributed by atoms with E-state index < -0.39 is 60.2 Å². The summed E-state index contributed by atoms with van der Waals surface area (Å²) < 4.78 is 0. The van der Waals surface area contributed by atoms with Crippen molar-refractivity contribution in [2.45, 2.75) is 76.5 Å². The lowest BCUT2D eigenvalue weighted by Crippen LogP contribution is -2.57. The zero-order valence-corrected chi connectivity index (χ0v) is 22.3. The number of rotatable bonds is 19. The van der Waals surface area contributed by atoms with Gasteiger partial charge in [-0.2, -0.15) is 0 Å². The number of aliphatic imine (C=N–C) groups is 2. The van der Waals surface area contributed by atoms with E-state index in [2.05, 4.69) is 25.9 Å². The van der Waals surface area contributed by atoms with Crippen molar-refractivity contribution in [1.29, 1.82) is 0 Å². The molecule has 0 aliphatic carbocycles. The van der Waals surface area contributed by atoms with Gasteiger partial charge in [-0.3, -0.25) is 29.2 Å². The number of hydrogen-bond acceptors (Lipinski definition) is 8. The summed E-state index contributed by atoms with van der Waals surface area (Å²) in [6.07, 6.45) is 0.0309. The van der Waals surface area contributed by atoms with Gasteiger partial charge in [0.1, 0.15) is 18.1 Å². The second kappa shape index (κ2) is 18.2. The molecule has 4 unspecified atom stereocenters. The predicted octanol–water partition coefficient (Wildman–Crippen LogP) is -3.52. The van der Waals surface area contributed by atoms with Gasteiger partial charge in [0.2, 0.25) is 17.7 Å².